The third kappa shape index (κ3) is 2.51. The second-order valence-electron chi connectivity index (χ2n) is 3.33. The Balaban J connectivity index is 3.13. The van der Waals surface area contributed by atoms with Crippen LogP contribution in [0.2, 0.25) is 0 Å². The number of aryl methyl sites for hydroxylation is 1. The number of carbonyl (C=O) groups is 1. The first kappa shape index (κ1) is 11.1. The molecule has 0 aliphatic carbocycles. The summed E-state index contributed by atoms with van der Waals surface area (Å²) < 4.78 is 0. The highest BCUT2D eigenvalue weighted by Crippen LogP contribution is 2.28. The lowest BCUT2D eigenvalue weighted by Gasteiger charge is -2.08. The quantitative estimate of drug-likeness (QED) is 0.779. The van der Waals surface area contributed by atoms with Crippen molar-refractivity contribution in [1.82, 2.24) is 0 Å². The predicted octanol–water partition coefficient (Wildman–Crippen LogP) is 2.55. The molecule has 3 heteroatoms. The maximum atomic E-state index is 11.0. The number of thioether (sulfide) groups is 1. The van der Waals surface area contributed by atoms with Crippen molar-refractivity contribution in [1.29, 1.82) is 0 Å². The maximum Gasteiger partial charge on any atom is 0.134 e. The molecule has 0 aliphatic rings. The van der Waals surface area contributed by atoms with Crippen LogP contribution in [0, 0.1) is 6.92 Å². The molecule has 0 atom stereocenters. The van der Waals surface area contributed by atoms with E-state index in [2.05, 4.69) is 0 Å². The molecular formula is C11H14O2S. The minimum Gasteiger partial charge on any atom is -0.508 e. The van der Waals surface area contributed by atoms with Gasteiger partial charge >= 0.3 is 0 Å². The number of carbonyl (C=O) groups excluding carboxylic acids is 1. The summed E-state index contributed by atoms with van der Waals surface area (Å²) in [6, 6.07) is 3.60. The number of hydrogen-bond donors (Lipinski definition) is 1. The van der Waals surface area contributed by atoms with Crippen molar-refractivity contribution in [3.05, 3.63) is 23.3 Å². The fourth-order valence-electron chi connectivity index (χ4n) is 1.31. The Bertz CT molecular complexity index is 359. The van der Waals surface area contributed by atoms with Crippen molar-refractivity contribution in [2.24, 2.45) is 0 Å². The standard InChI is InChI=1S/C11H14O2S/c1-7-4-11(14-3)9(5-8(2)12)6-10(7)13/h4,6,13H,5H2,1-3H3. The summed E-state index contributed by atoms with van der Waals surface area (Å²) in [5.74, 6) is 0.377. The molecule has 0 aromatic heterocycles. The summed E-state index contributed by atoms with van der Waals surface area (Å²) in [4.78, 5) is 12.1. The van der Waals surface area contributed by atoms with Gasteiger partial charge in [-0.1, -0.05) is 0 Å². The minimum absolute atomic E-state index is 0.114. The normalized spacial score (nSPS) is 10.2. The molecule has 0 heterocycles. The van der Waals surface area contributed by atoms with Crippen LogP contribution in [0.1, 0.15) is 18.1 Å². The first-order valence-electron chi connectivity index (χ1n) is 4.40. The van der Waals surface area contributed by atoms with Crippen LogP contribution < -0.4 is 0 Å². The van der Waals surface area contributed by atoms with E-state index in [1.807, 2.05) is 19.2 Å². The lowest BCUT2D eigenvalue weighted by molar-refractivity contribution is -0.116. The average molecular weight is 210 g/mol. The molecule has 1 N–H and O–H groups in total. The van der Waals surface area contributed by atoms with Crippen molar-refractivity contribution < 1.29 is 9.90 Å². The SMILES string of the molecule is CSc1cc(C)c(O)cc1CC(C)=O. The van der Waals surface area contributed by atoms with Crippen molar-refractivity contribution in [2.75, 3.05) is 6.26 Å². The molecule has 0 amide bonds. The summed E-state index contributed by atoms with van der Waals surface area (Å²) in [5.41, 5.74) is 1.76. The van der Waals surface area contributed by atoms with Crippen molar-refractivity contribution in [2.45, 2.75) is 25.2 Å². The number of phenolic OH excluding ortho intramolecular Hbond substituents is 1. The smallest absolute Gasteiger partial charge is 0.134 e. The molecule has 0 saturated heterocycles. The van der Waals surface area contributed by atoms with Gasteiger partial charge in [-0.05, 0) is 43.4 Å². The summed E-state index contributed by atoms with van der Waals surface area (Å²) in [7, 11) is 0. The number of phenols is 1. The van der Waals surface area contributed by atoms with Crippen molar-refractivity contribution >= 4 is 17.5 Å². The number of Topliss-reactive ketones (excluding diaryl/α,β-unsaturated/α-hetero) is 1. The van der Waals surface area contributed by atoms with E-state index >= 15 is 0 Å². The Kier molecular flexibility index (Phi) is 3.58. The second-order valence-corrected chi connectivity index (χ2v) is 4.18. The molecule has 0 radical (unpaired) electrons. The zero-order valence-electron chi connectivity index (χ0n) is 8.63. The van der Waals surface area contributed by atoms with Gasteiger partial charge in [0.25, 0.3) is 0 Å². The summed E-state index contributed by atoms with van der Waals surface area (Å²) in [5, 5.41) is 9.51. The van der Waals surface area contributed by atoms with Crippen LogP contribution in [-0.2, 0) is 11.2 Å². The minimum atomic E-state index is 0.114. The van der Waals surface area contributed by atoms with Crippen LogP contribution in [0.15, 0.2) is 17.0 Å². The maximum absolute atomic E-state index is 11.0. The van der Waals surface area contributed by atoms with Gasteiger partial charge in [-0.25, -0.2) is 0 Å². The monoisotopic (exact) mass is 210 g/mol. The van der Waals surface area contributed by atoms with Gasteiger partial charge in [0.15, 0.2) is 0 Å². The van der Waals surface area contributed by atoms with Crippen molar-refractivity contribution in [3.63, 3.8) is 0 Å². The van der Waals surface area contributed by atoms with E-state index in [9.17, 15) is 9.90 Å². The highest BCUT2D eigenvalue weighted by Gasteiger charge is 2.07. The van der Waals surface area contributed by atoms with E-state index < -0.39 is 0 Å². The molecule has 0 unspecified atom stereocenters. The van der Waals surface area contributed by atoms with E-state index in [-0.39, 0.29) is 11.5 Å². The van der Waals surface area contributed by atoms with Crippen LogP contribution in [0.25, 0.3) is 0 Å². The fourth-order valence-corrected chi connectivity index (χ4v) is 2.00. The van der Waals surface area contributed by atoms with Crippen LogP contribution in [0.4, 0.5) is 0 Å². The Morgan fingerprint density at radius 1 is 1.50 bits per heavy atom. The van der Waals surface area contributed by atoms with E-state index in [4.69, 9.17) is 0 Å². The molecule has 1 rings (SSSR count). The van der Waals surface area contributed by atoms with Gasteiger partial charge in [-0.2, -0.15) is 0 Å². The number of benzene rings is 1. The van der Waals surface area contributed by atoms with Gasteiger partial charge in [0.2, 0.25) is 0 Å². The van der Waals surface area contributed by atoms with Gasteiger partial charge < -0.3 is 5.11 Å². The third-order valence-corrected chi connectivity index (χ3v) is 2.86. The summed E-state index contributed by atoms with van der Waals surface area (Å²) >= 11 is 1.60. The zero-order chi connectivity index (χ0) is 10.7. The largest absolute Gasteiger partial charge is 0.508 e. The van der Waals surface area contributed by atoms with Crippen molar-refractivity contribution in [3.8, 4) is 5.75 Å². The molecule has 0 fully saturated rings. The lowest BCUT2D eigenvalue weighted by Crippen LogP contribution is -1.98. The van der Waals surface area contributed by atoms with Gasteiger partial charge in [0, 0.05) is 11.3 Å². The summed E-state index contributed by atoms with van der Waals surface area (Å²) in [6.45, 7) is 3.41. The molecule has 0 saturated carbocycles. The molecule has 0 spiro atoms. The highest BCUT2D eigenvalue weighted by molar-refractivity contribution is 7.98. The topological polar surface area (TPSA) is 37.3 Å². The van der Waals surface area contributed by atoms with Gasteiger partial charge in [0.05, 0.1) is 0 Å². The third-order valence-electron chi connectivity index (χ3n) is 2.04. The average Bonchev–Trinajstić information content (AvgIpc) is 2.10. The van der Waals surface area contributed by atoms with E-state index in [1.54, 1.807) is 24.8 Å². The van der Waals surface area contributed by atoms with Crippen LogP contribution in [0.5, 0.6) is 5.75 Å². The number of rotatable bonds is 3. The second kappa shape index (κ2) is 4.51. The predicted molar refractivity (Wildman–Crippen MR) is 59.0 cm³/mol. The Morgan fingerprint density at radius 2 is 2.14 bits per heavy atom. The molecule has 14 heavy (non-hydrogen) atoms. The van der Waals surface area contributed by atoms with Gasteiger partial charge in [-0.3, -0.25) is 4.79 Å². The molecular weight excluding hydrogens is 196 g/mol. The number of hydrogen-bond acceptors (Lipinski definition) is 3. The fraction of sp³-hybridized carbons (Fsp3) is 0.364. The lowest BCUT2D eigenvalue weighted by atomic mass is 10.1. The van der Waals surface area contributed by atoms with Crippen LogP contribution in [0.3, 0.4) is 0 Å². The first-order chi connectivity index (χ1) is 6.54. The molecule has 0 bridgehead atoms. The molecule has 1 aromatic rings. The van der Waals surface area contributed by atoms with E-state index in [1.165, 1.54) is 0 Å². The van der Waals surface area contributed by atoms with Crippen LogP contribution >= 0.6 is 11.8 Å². The first-order valence-corrected chi connectivity index (χ1v) is 5.63. The summed E-state index contributed by atoms with van der Waals surface area (Å²) in [6.07, 6.45) is 2.36. The van der Waals surface area contributed by atoms with Gasteiger partial charge in [-0.15, -0.1) is 11.8 Å². The number of aromatic hydroxyl groups is 1. The van der Waals surface area contributed by atoms with Crippen LogP contribution in [-0.4, -0.2) is 17.1 Å². The zero-order valence-corrected chi connectivity index (χ0v) is 9.44. The highest BCUT2D eigenvalue weighted by atomic mass is 32.2. The molecule has 1 aromatic carbocycles. The Morgan fingerprint density at radius 3 is 2.64 bits per heavy atom. The molecule has 0 aliphatic heterocycles. The Labute approximate surface area is 88.3 Å². The molecule has 76 valence electrons. The molecule has 2 nitrogen and oxygen atoms in total. The van der Waals surface area contributed by atoms with E-state index in [0.717, 1.165) is 16.0 Å². The Hall–Kier alpha value is -0.960. The number of ketones is 1. The van der Waals surface area contributed by atoms with E-state index in [0.29, 0.717) is 6.42 Å². The van der Waals surface area contributed by atoms with Gasteiger partial charge in [0.1, 0.15) is 11.5 Å².